The van der Waals surface area contributed by atoms with Crippen molar-refractivity contribution in [3.63, 3.8) is 0 Å². The zero-order chi connectivity index (χ0) is 17.3. The maximum atomic E-state index is 12.5. The van der Waals surface area contributed by atoms with Crippen LogP contribution in [0.4, 0.5) is 0 Å². The predicted molar refractivity (Wildman–Crippen MR) is 99.5 cm³/mol. The highest BCUT2D eigenvalue weighted by Crippen LogP contribution is 2.24. The quantitative estimate of drug-likeness (QED) is 0.651. The lowest BCUT2D eigenvalue weighted by atomic mass is 10.1. The topological polar surface area (TPSA) is 34.4 Å². The second kappa shape index (κ2) is 6.75. The number of halogens is 1. The van der Waals surface area contributed by atoms with Gasteiger partial charge < -0.3 is 4.57 Å². The molecule has 0 atom stereocenters. The molecule has 122 valence electrons. The van der Waals surface area contributed by atoms with Crippen LogP contribution in [0.1, 0.15) is 20.8 Å². The number of aromatic nitrogens is 1. The Morgan fingerprint density at radius 1 is 1.12 bits per heavy atom. The normalized spacial score (nSPS) is 11.8. The van der Waals surface area contributed by atoms with Crippen LogP contribution < -0.4 is 4.80 Å². The number of amides is 1. The van der Waals surface area contributed by atoms with Crippen molar-refractivity contribution in [1.82, 2.24) is 4.57 Å². The minimum Gasteiger partial charge on any atom is -0.319 e. The summed E-state index contributed by atoms with van der Waals surface area (Å²) in [6, 6.07) is 15.4. The SMILES string of the molecule is Cc1ccc(C(=O)N=c2sc(C)c(-c3ccccc3)n2C)cc1Cl. The largest absolute Gasteiger partial charge is 0.319 e. The van der Waals surface area contributed by atoms with E-state index in [0.717, 1.165) is 21.7 Å². The van der Waals surface area contributed by atoms with Crippen molar-refractivity contribution >= 4 is 28.8 Å². The fraction of sp³-hybridized carbons (Fsp3) is 0.158. The van der Waals surface area contributed by atoms with Crippen molar-refractivity contribution in [2.24, 2.45) is 12.0 Å². The molecule has 1 aromatic heterocycles. The highest BCUT2D eigenvalue weighted by atomic mass is 35.5. The van der Waals surface area contributed by atoms with Crippen molar-refractivity contribution in [3.05, 3.63) is 74.4 Å². The first-order valence-electron chi connectivity index (χ1n) is 7.54. The van der Waals surface area contributed by atoms with Gasteiger partial charge in [0.05, 0.1) is 5.69 Å². The van der Waals surface area contributed by atoms with Crippen LogP contribution in [0.2, 0.25) is 5.02 Å². The van der Waals surface area contributed by atoms with Crippen LogP contribution in [-0.2, 0) is 7.05 Å². The number of aryl methyl sites for hydroxylation is 2. The molecule has 5 heteroatoms. The maximum absolute atomic E-state index is 12.5. The lowest BCUT2D eigenvalue weighted by Crippen LogP contribution is -2.14. The van der Waals surface area contributed by atoms with Crippen LogP contribution in [0.3, 0.4) is 0 Å². The van der Waals surface area contributed by atoms with Crippen LogP contribution in [0, 0.1) is 13.8 Å². The zero-order valence-corrected chi connectivity index (χ0v) is 15.3. The first kappa shape index (κ1) is 16.7. The Labute approximate surface area is 149 Å². The van der Waals surface area contributed by atoms with Crippen LogP contribution in [-0.4, -0.2) is 10.5 Å². The van der Waals surface area contributed by atoms with Gasteiger partial charge in [-0.3, -0.25) is 4.79 Å². The maximum Gasteiger partial charge on any atom is 0.279 e. The van der Waals surface area contributed by atoms with E-state index in [1.165, 1.54) is 11.3 Å². The van der Waals surface area contributed by atoms with E-state index in [4.69, 9.17) is 11.6 Å². The second-order valence-corrected chi connectivity index (χ2v) is 7.18. The highest BCUT2D eigenvalue weighted by Gasteiger charge is 2.12. The van der Waals surface area contributed by atoms with Gasteiger partial charge in [0, 0.05) is 22.5 Å². The molecule has 0 saturated heterocycles. The fourth-order valence-electron chi connectivity index (χ4n) is 2.55. The van der Waals surface area contributed by atoms with E-state index in [1.807, 2.05) is 49.7 Å². The van der Waals surface area contributed by atoms with Gasteiger partial charge in [0.25, 0.3) is 5.91 Å². The van der Waals surface area contributed by atoms with E-state index in [9.17, 15) is 4.79 Å². The molecule has 1 heterocycles. The fourth-order valence-corrected chi connectivity index (χ4v) is 3.72. The third-order valence-corrected chi connectivity index (χ3v) is 5.32. The Morgan fingerprint density at radius 2 is 1.83 bits per heavy atom. The number of rotatable bonds is 2. The molecule has 1 amide bonds. The van der Waals surface area contributed by atoms with Crippen LogP contribution in [0.5, 0.6) is 0 Å². The van der Waals surface area contributed by atoms with Gasteiger partial charge in [-0.1, -0.05) is 48.0 Å². The highest BCUT2D eigenvalue weighted by molar-refractivity contribution is 7.09. The lowest BCUT2D eigenvalue weighted by molar-refractivity contribution is 0.0998. The Bertz CT molecular complexity index is 971. The van der Waals surface area contributed by atoms with E-state index in [-0.39, 0.29) is 5.91 Å². The van der Waals surface area contributed by atoms with E-state index in [0.29, 0.717) is 15.4 Å². The number of thiazole rings is 1. The summed E-state index contributed by atoms with van der Waals surface area (Å²) in [6.07, 6.45) is 0. The monoisotopic (exact) mass is 356 g/mol. The zero-order valence-electron chi connectivity index (χ0n) is 13.7. The van der Waals surface area contributed by atoms with Crippen molar-refractivity contribution in [3.8, 4) is 11.3 Å². The minimum atomic E-state index is -0.284. The molecule has 24 heavy (non-hydrogen) atoms. The molecule has 2 aromatic carbocycles. The third kappa shape index (κ3) is 3.21. The van der Waals surface area contributed by atoms with Gasteiger partial charge >= 0.3 is 0 Å². The molecule has 3 nitrogen and oxygen atoms in total. The molecule has 0 saturated carbocycles. The summed E-state index contributed by atoms with van der Waals surface area (Å²) < 4.78 is 1.96. The average molecular weight is 357 g/mol. The van der Waals surface area contributed by atoms with Crippen LogP contribution in [0.15, 0.2) is 53.5 Å². The number of carbonyl (C=O) groups is 1. The number of hydrogen-bond acceptors (Lipinski definition) is 2. The van der Waals surface area contributed by atoms with Gasteiger partial charge in [-0.05, 0) is 37.1 Å². The van der Waals surface area contributed by atoms with Crippen molar-refractivity contribution in [2.75, 3.05) is 0 Å². The van der Waals surface area contributed by atoms with Gasteiger partial charge in [0.15, 0.2) is 4.80 Å². The summed E-state index contributed by atoms with van der Waals surface area (Å²) in [4.78, 5) is 18.5. The van der Waals surface area contributed by atoms with Crippen LogP contribution >= 0.6 is 22.9 Å². The summed E-state index contributed by atoms with van der Waals surface area (Å²) >= 11 is 7.61. The van der Waals surface area contributed by atoms with Gasteiger partial charge in [-0.15, -0.1) is 11.3 Å². The van der Waals surface area contributed by atoms with Gasteiger partial charge in [0.1, 0.15) is 0 Å². The first-order valence-corrected chi connectivity index (χ1v) is 8.74. The summed E-state index contributed by atoms with van der Waals surface area (Å²) in [6.45, 7) is 3.95. The molecule has 0 fully saturated rings. The summed E-state index contributed by atoms with van der Waals surface area (Å²) in [5, 5.41) is 0.577. The molecule has 3 aromatic rings. The first-order chi connectivity index (χ1) is 11.5. The molecule has 0 spiro atoms. The van der Waals surface area contributed by atoms with E-state index >= 15 is 0 Å². The standard InChI is InChI=1S/C19H17ClN2OS/c1-12-9-10-15(11-16(12)20)18(23)21-19-22(3)17(13(2)24-19)14-7-5-4-6-8-14/h4-11H,1-3H3. The van der Waals surface area contributed by atoms with E-state index < -0.39 is 0 Å². The van der Waals surface area contributed by atoms with Gasteiger partial charge in [0.2, 0.25) is 0 Å². The molecular weight excluding hydrogens is 340 g/mol. The number of benzene rings is 2. The molecule has 0 radical (unpaired) electrons. The Hall–Kier alpha value is -2.17. The van der Waals surface area contributed by atoms with Crippen molar-refractivity contribution in [1.29, 1.82) is 0 Å². The number of carbonyl (C=O) groups excluding carboxylic acids is 1. The molecular formula is C19H17ClN2OS. The predicted octanol–water partition coefficient (Wildman–Crippen LogP) is 4.76. The smallest absolute Gasteiger partial charge is 0.279 e. The van der Waals surface area contributed by atoms with Crippen molar-refractivity contribution < 1.29 is 4.79 Å². The van der Waals surface area contributed by atoms with Gasteiger partial charge in [-0.2, -0.15) is 4.99 Å². The number of hydrogen-bond donors (Lipinski definition) is 0. The van der Waals surface area contributed by atoms with E-state index in [1.54, 1.807) is 12.1 Å². The Balaban J connectivity index is 2.05. The van der Waals surface area contributed by atoms with E-state index in [2.05, 4.69) is 17.1 Å². The summed E-state index contributed by atoms with van der Waals surface area (Å²) in [5.41, 5.74) is 3.63. The van der Waals surface area contributed by atoms with Crippen LogP contribution in [0.25, 0.3) is 11.3 Å². The Morgan fingerprint density at radius 3 is 2.50 bits per heavy atom. The number of nitrogens with zero attached hydrogens (tertiary/aromatic N) is 2. The molecule has 0 bridgehead atoms. The minimum absolute atomic E-state index is 0.284. The lowest BCUT2D eigenvalue weighted by Gasteiger charge is -2.04. The summed E-state index contributed by atoms with van der Waals surface area (Å²) in [7, 11) is 1.93. The molecule has 0 aliphatic carbocycles. The molecule has 0 aliphatic heterocycles. The average Bonchev–Trinajstić information content (AvgIpc) is 2.84. The van der Waals surface area contributed by atoms with Crippen molar-refractivity contribution in [2.45, 2.75) is 13.8 Å². The van der Waals surface area contributed by atoms with Gasteiger partial charge in [-0.25, -0.2) is 0 Å². The third-order valence-electron chi connectivity index (χ3n) is 3.86. The molecule has 3 rings (SSSR count). The molecule has 0 aliphatic rings. The Kier molecular flexibility index (Phi) is 4.69. The summed E-state index contributed by atoms with van der Waals surface area (Å²) in [5.74, 6) is -0.284. The molecule has 0 unspecified atom stereocenters. The molecule has 0 N–H and O–H groups in total. The second-order valence-electron chi connectivity index (χ2n) is 5.60.